The number of rotatable bonds is 3. The van der Waals surface area contributed by atoms with Crippen molar-refractivity contribution in [1.29, 1.82) is 0 Å². The van der Waals surface area contributed by atoms with Gasteiger partial charge in [-0.1, -0.05) is 12.1 Å². The molecule has 2 rings (SSSR count). The number of carbonyl (C=O) groups is 1. The van der Waals surface area contributed by atoms with Crippen LogP contribution in [0.3, 0.4) is 0 Å². The molecule has 1 aliphatic rings. The minimum Gasteiger partial charge on any atom is -0.376 e. The van der Waals surface area contributed by atoms with Gasteiger partial charge in [0.1, 0.15) is 6.04 Å². The number of anilines is 2. The standard InChI is InChI=1S/C13H19N3O/c1-15(2)12-7-5-4-6-10(12)14-11-8-9-16(3)13(11)17/h4-7,11,14H,8-9H2,1-3H3. The van der Waals surface area contributed by atoms with Gasteiger partial charge in [0, 0.05) is 27.7 Å². The van der Waals surface area contributed by atoms with E-state index < -0.39 is 0 Å². The van der Waals surface area contributed by atoms with Crippen LogP contribution in [0.5, 0.6) is 0 Å². The molecule has 1 N–H and O–H groups in total. The van der Waals surface area contributed by atoms with E-state index in [0.29, 0.717) is 0 Å². The molecule has 1 aliphatic heterocycles. The van der Waals surface area contributed by atoms with Crippen LogP contribution in [-0.4, -0.2) is 44.5 Å². The van der Waals surface area contributed by atoms with E-state index in [9.17, 15) is 4.79 Å². The summed E-state index contributed by atoms with van der Waals surface area (Å²) in [5, 5.41) is 3.34. The summed E-state index contributed by atoms with van der Waals surface area (Å²) in [5.41, 5.74) is 2.13. The number of likely N-dealkylation sites (N-methyl/N-ethyl adjacent to an activating group) is 1. The van der Waals surface area contributed by atoms with E-state index >= 15 is 0 Å². The van der Waals surface area contributed by atoms with Crippen LogP contribution in [0.15, 0.2) is 24.3 Å². The minimum atomic E-state index is -0.0823. The zero-order valence-electron chi connectivity index (χ0n) is 10.6. The van der Waals surface area contributed by atoms with Gasteiger partial charge in [0.05, 0.1) is 11.4 Å². The maximum atomic E-state index is 11.8. The van der Waals surface area contributed by atoms with Crippen molar-refractivity contribution in [2.45, 2.75) is 12.5 Å². The third kappa shape index (κ3) is 2.35. The zero-order chi connectivity index (χ0) is 12.4. The summed E-state index contributed by atoms with van der Waals surface area (Å²) in [6, 6.07) is 7.97. The molecule has 1 unspecified atom stereocenters. The highest BCUT2D eigenvalue weighted by atomic mass is 16.2. The summed E-state index contributed by atoms with van der Waals surface area (Å²) in [6.45, 7) is 0.834. The van der Waals surface area contributed by atoms with Gasteiger partial charge in [-0.15, -0.1) is 0 Å². The fourth-order valence-electron chi connectivity index (χ4n) is 2.13. The Morgan fingerprint density at radius 2 is 2.06 bits per heavy atom. The molecule has 0 aliphatic carbocycles. The highest BCUT2D eigenvalue weighted by molar-refractivity contribution is 5.87. The van der Waals surface area contributed by atoms with Crippen molar-refractivity contribution in [1.82, 2.24) is 4.90 Å². The summed E-state index contributed by atoms with van der Waals surface area (Å²) in [7, 11) is 5.86. The quantitative estimate of drug-likeness (QED) is 0.857. The Hall–Kier alpha value is -1.71. The molecule has 4 heteroatoms. The second-order valence-corrected chi connectivity index (χ2v) is 4.66. The van der Waals surface area contributed by atoms with Crippen molar-refractivity contribution in [3.63, 3.8) is 0 Å². The van der Waals surface area contributed by atoms with Crippen LogP contribution in [0.1, 0.15) is 6.42 Å². The van der Waals surface area contributed by atoms with Gasteiger partial charge < -0.3 is 15.1 Å². The van der Waals surface area contributed by atoms with Crippen LogP contribution in [0.25, 0.3) is 0 Å². The maximum absolute atomic E-state index is 11.8. The van der Waals surface area contributed by atoms with Gasteiger partial charge in [-0.3, -0.25) is 4.79 Å². The molecule has 0 radical (unpaired) electrons. The van der Waals surface area contributed by atoms with Crippen molar-refractivity contribution in [2.75, 3.05) is 37.9 Å². The smallest absolute Gasteiger partial charge is 0.244 e. The number of benzene rings is 1. The fourth-order valence-corrected chi connectivity index (χ4v) is 2.13. The topological polar surface area (TPSA) is 35.6 Å². The SMILES string of the molecule is CN1CCC(Nc2ccccc2N(C)C)C1=O. The van der Waals surface area contributed by atoms with Crippen LogP contribution in [0.2, 0.25) is 0 Å². The number of nitrogens with zero attached hydrogens (tertiary/aromatic N) is 2. The molecule has 1 amide bonds. The molecule has 0 bridgehead atoms. The predicted octanol–water partition coefficient (Wildman–Crippen LogP) is 1.40. The summed E-state index contributed by atoms with van der Waals surface area (Å²) < 4.78 is 0. The molecular weight excluding hydrogens is 214 g/mol. The van der Waals surface area contributed by atoms with Crippen LogP contribution in [0.4, 0.5) is 11.4 Å². The molecule has 0 saturated carbocycles. The largest absolute Gasteiger partial charge is 0.376 e. The van der Waals surface area contributed by atoms with Crippen molar-refractivity contribution in [3.05, 3.63) is 24.3 Å². The Bertz CT molecular complexity index is 417. The van der Waals surface area contributed by atoms with E-state index in [2.05, 4.69) is 5.32 Å². The molecule has 0 aromatic heterocycles. The van der Waals surface area contributed by atoms with Gasteiger partial charge in [0.15, 0.2) is 0 Å². The highest BCUT2D eigenvalue weighted by Gasteiger charge is 2.29. The number of likely N-dealkylation sites (tertiary alicyclic amines) is 1. The highest BCUT2D eigenvalue weighted by Crippen LogP contribution is 2.26. The third-order valence-electron chi connectivity index (χ3n) is 3.14. The molecule has 1 atom stereocenters. The van der Waals surface area contributed by atoms with Crippen LogP contribution >= 0.6 is 0 Å². The lowest BCUT2D eigenvalue weighted by Crippen LogP contribution is -2.31. The average Bonchev–Trinajstić information content (AvgIpc) is 2.61. The molecule has 17 heavy (non-hydrogen) atoms. The Morgan fingerprint density at radius 3 is 2.65 bits per heavy atom. The lowest BCUT2D eigenvalue weighted by atomic mass is 10.2. The van der Waals surface area contributed by atoms with Gasteiger partial charge in [-0.2, -0.15) is 0 Å². The van der Waals surface area contributed by atoms with Gasteiger partial charge in [-0.05, 0) is 18.6 Å². The molecule has 0 spiro atoms. The van der Waals surface area contributed by atoms with Gasteiger partial charge in [-0.25, -0.2) is 0 Å². The summed E-state index contributed by atoms with van der Waals surface area (Å²) in [4.78, 5) is 15.7. The van der Waals surface area contributed by atoms with Gasteiger partial charge in [0.2, 0.25) is 5.91 Å². The third-order valence-corrected chi connectivity index (χ3v) is 3.14. The molecule has 92 valence electrons. The van der Waals surface area contributed by atoms with E-state index in [1.165, 1.54) is 0 Å². The molecule has 1 heterocycles. The van der Waals surface area contributed by atoms with Gasteiger partial charge in [0.25, 0.3) is 0 Å². The number of amides is 1. The number of para-hydroxylation sites is 2. The first kappa shape index (κ1) is 11.8. The molecule has 1 fully saturated rings. The first-order chi connectivity index (χ1) is 8.09. The molecule has 1 aromatic carbocycles. The Morgan fingerprint density at radius 1 is 1.35 bits per heavy atom. The van der Waals surface area contributed by atoms with E-state index in [0.717, 1.165) is 24.3 Å². The summed E-state index contributed by atoms with van der Waals surface area (Å²) in [5.74, 6) is 0.179. The minimum absolute atomic E-state index is 0.0823. The molecular formula is C13H19N3O. The van der Waals surface area contributed by atoms with E-state index in [1.807, 2.05) is 50.3 Å². The zero-order valence-corrected chi connectivity index (χ0v) is 10.6. The second kappa shape index (κ2) is 4.65. The van der Waals surface area contributed by atoms with Crippen LogP contribution < -0.4 is 10.2 Å². The van der Waals surface area contributed by atoms with Crippen LogP contribution in [-0.2, 0) is 4.79 Å². The van der Waals surface area contributed by atoms with Crippen molar-refractivity contribution >= 4 is 17.3 Å². The molecule has 4 nitrogen and oxygen atoms in total. The Labute approximate surface area is 102 Å². The number of hydrogen-bond donors (Lipinski definition) is 1. The summed E-state index contributed by atoms with van der Waals surface area (Å²) in [6.07, 6.45) is 0.872. The molecule has 1 saturated heterocycles. The van der Waals surface area contributed by atoms with Crippen molar-refractivity contribution in [3.8, 4) is 0 Å². The predicted molar refractivity (Wildman–Crippen MR) is 70.4 cm³/mol. The molecule has 1 aromatic rings. The van der Waals surface area contributed by atoms with Crippen molar-refractivity contribution < 1.29 is 4.79 Å². The van der Waals surface area contributed by atoms with Crippen molar-refractivity contribution in [2.24, 2.45) is 0 Å². The monoisotopic (exact) mass is 233 g/mol. The Kier molecular flexibility index (Phi) is 3.22. The number of hydrogen-bond acceptors (Lipinski definition) is 3. The first-order valence-corrected chi connectivity index (χ1v) is 5.87. The van der Waals surface area contributed by atoms with E-state index in [1.54, 1.807) is 4.90 Å². The lowest BCUT2D eigenvalue weighted by molar-refractivity contribution is -0.127. The Balaban J connectivity index is 2.16. The average molecular weight is 233 g/mol. The fraction of sp³-hybridized carbons (Fsp3) is 0.462. The normalized spacial score (nSPS) is 19.6. The number of nitrogens with one attached hydrogen (secondary N) is 1. The summed E-state index contributed by atoms with van der Waals surface area (Å²) >= 11 is 0. The first-order valence-electron chi connectivity index (χ1n) is 5.87. The second-order valence-electron chi connectivity index (χ2n) is 4.66. The van der Waals surface area contributed by atoms with Crippen LogP contribution in [0, 0.1) is 0 Å². The lowest BCUT2D eigenvalue weighted by Gasteiger charge is -2.20. The maximum Gasteiger partial charge on any atom is 0.244 e. The van der Waals surface area contributed by atoms with E-state index in [4.69, 9.17) is 0 Å². The number of carbonyl (C=O) groups excluding carboxylic acids is 1. The van der Waals surface area contributed by atoms with Gasteiger partial charge >= 0.3 is 0 Å². The van der Waals surface area contributed by atoms with E-state index in [-0.39, 0.29) is 11.9 Å².